The first kappa shape index (κ1) is 42.9. The summed E-state index contributed by atoms with van der Waals surface area (Å²) in [4.78, 5) is 0. The molecule has 0 atom stereocenters. The summed E-state index contributed by atoms with van der Waals surface area (Å²) in [6.07, 6.45) is 30.0. The number of hydrogen-bond acceptors (Lipinski definition) is 0. The van der Waals surface area contributed by atoms with Crippen molar-refractivity contribution >= 4 is 0 Å². The Morgan fingerprint density at radius 3 is 0.725 bits per heavy atom. The Bertz CT molecular complexity index is 513. The zero-order chi connectivity index (χ0) is 29.0. The van der Waals surface area contributed by atoms with E-state index in [4.69, 9.17) is 0 Å². The molecule has 2 saturated carbocycles. The number of unbranched alkanes of at least 4 members (excludes halogenated alkanes) is 4. The van der Waals surface area contributed by atoms with Crippen molar-refractivity contribution in [1.29, 1.82) is 0 Å². The SMILES string of the molecule is CCCCC(C)(C)[C]1[CH][CH][C](C(C)(C)CCCC)[CH]1.CCCCC(C)(C)[C]1[CH][CH][C](C(C)(C)CCCC)[CH]1.[Cl-].[Fe+3]. The monoisotopic (exact) mass is 613 g/mol. The fourth-order valence-corrected chi connectivity index (χ4v) is 5.62. The minimum atomic E-state index is 0. The van der Waals surface area contributed by atoms with Crippen LogP contribution in [0.2, 0.25) is 0 Å². The van der Waals surface area contributed by atoms with E-state index in [0.29, 0.717) is 21.7 Å². The van der Waals surface area contributed by atoms with Crippen LogP contribution in [0.4, 0.5) is 0 Å². The molecule has 0 N–H and O–H groups in total. The average molecular weight is 614 g/mol. The van der Waals surface area contributed by atoms with Gasteiger partial charge in [-0.25, -0.2) is 0 Å². The van der Waals surface area contributed by atoms with Crippen LogP contribution in [0.3, 0.4) is 0 Å². The first-order valence-electron chi connectivity index (χ1n) is 16.2. The van der Waals surface area contributed by atoms with Gasteiger partial charge in [-0.1, -0.05) is 134 Å². The zero-order valence-corrected chi connectivity index (χ0v) is 30.5. The Hall–Kier alpha value is 0.809. The second-order valence-electron chi connectivity index (χ2n) is 14.7. The van der Waals surface area contributed by atoms with Gasteiger partial charge in [0, 0.05) is 0 Å². The van der Waals surface area contributed by atoms with Crippen LogP contribution in [0.25, 0.3) is 0 Å². The summed E-state index contributed by atoms with van der Waals surface area (Å²) in [5.41, 5.74) is 1.31. The standard InChI is InChI=1S/2C19H33.ClH.Fe/c2*1-7-9-13-18(3,4)16-11-12-17(15-16)19(5,6)14-10-8-2;;/h2*11-12,15H,7-10,13-14H2,1-6H3;1H;/q;;;+3/p-1. The Labute approximate surface area is 272 Å². The molecule has 0 aromatic carbocycles. The average Bonchev–Trinajstić information content (AvgIpc) is 3.56. The van der Waals surface area contributed by atoms with Crippen molar-refractivity contribution in [3.8, 4) is 0 Å². The molecular weight excluding hydrogens is 548 g/mol. The molecule has 0 aromatic rings. The minimum absolute atomic E-state index is 0. The van der Waals surface area contributed by atoms with E-state index < -0.39 is 0 Å². The van der Waals surface area contributed by atoms with Crippen LogP contribution in [0.15, 0.2) is 0 Å². The Balaban J connectivity index is 0. The molecule has 2 rings (SSSR count). The normalized spacial score (nSPS) is 18.3. The quantitative estimate of drug-likeness (QED) is 0.152. The summed E-state index contributed by atoms with van der Waals surface area (Å²) in [7, 11) is 0. The van der Waals surface area contributed by atoms with Gasteiger partial charge < -0.3 is 12.4 Å². The fourth-order valence-electron chi connectivity index (χ4n) is 5.62. The molecule has 0 aromatic heterocycles. The van der Waals surface area contributed by atoms with E-state index in [1.54, 1.807) is 0 Å². The molecule has 2 aliphatic carbocycles. The molecule has 231 valence electrons. The Morgan fingerprint density at radius 2 is 0.575 bits per heavy atom. The van der Waals surface area contributed by atoms with Gasteiger partial charge in [0.15, 0.2) is 0 Å². The molecule has 11 radical (unpaired) electrons. The predicted molar refractivity (Wildman–Crippen MR) is 172 cm³/mol. The molecule has 0 bridgehead atoms. The second-order valence-corrected chi connectivity index (χ2v) is 14.7. The molecule has 40 heavy (non-hydrogen) atoms. The number of rotatable bonds is 16. The van der Waals surface area contributed by atoms with Crippen LogP contribution in [-0.2, 0) is 17.1 Å². The predicted octanol–water partition coefficient (Wildman–Crippen LogP) is 9.39. The van der Waals surface area contributed by atoms with Gasteiger partial charge in [-0.15, -0.1) is 0 Å². The number of halogens is 1. The van der Waals surface area contributed by atoms with E-state index in [1.807, 2.05) is 0 Å². The van der Waals surface area contributed by atoms with Crippen molar-refractivity contribution in [2.75, 3.05) is 0 Å². The van der Waals surface area contributed by atoms with E-state index in [0.717, 1.165) is 0 Å². The van der Waals surface area contributed by atoms with Gasteiger partial charge in [-0.2, -0.15) is 0 Å². The number of hydrogen-bond donors (Lipinski definition) is 0. The van der Waals surface area contributed by atoms with Gasteiger partial charge >= 0.3 is 17.1 Å². The molecule has 0 heterocycles. The van der Waals surface area contributed by atoms with Crippen molar-refractivity contribution in [3.63, 3.8) is 0 Å². The van der Waals surface area contributed by atoms with Crippen LogP contribution < -0.4 is 12.4 Å². The van der Waals surface area contributed by atoms with E-state index in [9.17, 15) is 0 Å². The zero-order valence-electron chi connectivity index (χ0n) is 28.7. The molecule has 0 amide bonds. The van der Waals surface area contributed by atoms with Gasteiger partial charge in [-0.3, -0.25) is 0 Å². The Morgan fingerprint density at radius 1 is 0.400 bits per heavy atom. The van der Waals surface area contributed by atoms with Crippen LogP contribution in [-0.4, -0.2) is 0 Å². The fraction of sp³-hybridized carbons (Fsp3) is 0.737. The second kappa shape index (κ2) is 20.0. The Kier molecular flexibility index (Phi) is 21.4. The smallest absolute Gasteiger partial charge is 1.00 e. The van der Waals surface area contributed by atoms with E-state index >= 15 is 0 Å². The molecule has 2 aliphatic rings. The third-order valence-electron chi connectivity index (χ3n) is 9.25. The summed E-state index contributed by atoms with van der Waals surface area (Å²) < 4.78 is 0. The van der Waals surface area contributed by atoms with Gasteiger partial charge in [0.25, 0.3) is 0 Å². The summed E-state index contributed by atoms with van der Waals surface area (Å²) in [5, 5.41) is 0. The van der Waals surface area contributed by atoms with Crippen LogP contribution in [0.1, 0.15) is 160 Å². The summed E-state index contributed by atoms with van der Waals surface area (Å²) in [5.74, 6) is 6.11. The first-order chi connectivity index (χ1) is 17.7. The minimum Gasteiger partial charge on any atom is -1.00 e. The van der Waals surface area contributed by atoms with Gasteiger partial charge in [0.2, 0.25) is 0 Å². The van der Waals surface area contributed by atoms with Gasteiger partial charge in [0.05, 0.1) is 0 Å². The van der Waals surface area contributed by atoms with Crippen molar-refractivity contribution in [2.24, 2.45) is 21.7 Å². The molecule has 2 heteroatoms. The largest absolute Gasteiger partial charge is 3.00 e. The van der Waals surface area contributed by atoms with Crippen molar-refractivity contribution in [2.45, 2.75) is 160 Å². The molecule has 0 unspecified atom stereocenters. The molecule has 0 spiro atoms. The maximum Gasteiger partial charge on any atom is 3.00 e. The maximum atomic E-state index is 2.46. The van der Waals surface area contributed by atoms with Crippen molar-refractivity contribution in [1.82, 2.24) is 0 Å². The van der Waals surface area contributed by atoms with Gasteiger partial charge in [-0.05, 0) is 110 Å². The van der Waals surface area contributed by atoms with Crippen LogP contribution >= 0.6 is 0 Å². The molecule has 0 nitrogen and oxygen atoms in total. The first-order valence-corrected chi connectivity index (χ1v) is 16.2. The van der Waals surface area contributed by atoms with Crippen LogP contribution in [0, 0.1) is 83.9 Å². The summed E-state index contributed by atoms with van der Waals surface area (Å²) in [6, 6.07) is 0. The molecular formula is C38H66ClFe+2. The van der Waals surface area contributed by atoms with E-state index in [2.05, 4.69) is 122 Å². The summed E-state index contributed by atoms with van der Waals surface area (Å²) >= 11 is 0. The summed E-state index contributed by atoms with van der Waals surface area (Å²) in [6.45, 7) is 28.2. The topological polar surface area (TPSA) is 0 Å². The van der Waals surface area contributed by atoms with E-state index in [-0.39, 0.29) is 29.5 Å². The van der Waals surface area contributed by atoms with Crippen molar-refractivity contribution in [3.05, 3.63) is 62.2 Å². The van der Waals surface area contributed by atoms with Crippen molar-refractivity contribution < 1.29 is 29.5 Å². The molecule has 0 aliphatic heterocycles. The third kappa shape index (κ3) is 14.1. The molecule has 0 saturated heterocycles. The maximum absolute atomic E-state index is 2.46. The van der Waals surface area contributed by atoms with E-state index in [1.165, 1.54) is 101 Å². The molecule has 2 fully saturated rings. The third-order valence-corrected chi connectivity index (χ3v) is 9.25. The van der Waals surface area contributed by atoms with Crippen LogP contribution in [0.5, 0.6) is 0 Å². The van der Waals surface area contributed by atoms with Gasteiger partial charge in [0.1, 0.15) is 0 Å².